The Kier molecular flexibility index (Phi) is 3.49. The number of rotatable bonds is 3. The molecule has 84 valence electrons. The molecule has 0 aliphatic carbocycles. The van der Waals surface area contributed by atoms with E-state index in [0.29, 0.717) is 17.1 Å². The first-order valence-electron chi connectivity index (χ1n) is 4.91. The number of benzene rings is 1. The summed E-state index contributed by atoms with van der Waals surface area (Å²) in [6.45, 7) is 0. The molecule has 0 fully saturated rings. The van der Waals surface area contributed by atoms with Gasteiger partial charge in [-0.05, 0) is 34.5 Å². The average molecular weight is 254 g/mol. The van der Waals surface area contributed by atoms with Gasteiger partial charge < -0.3 is 10.8 Å². The van der Waals surface area contributed by atoms with Crippen molar-refractivity contribution in [3.8, 4) is 0 Å². The zero-order chi connectivity index (χ0) is 11.5. The Labute approximate surface area is 103 Å². The molecule has 16 heavy (non-hydrogen) atoms. The van der Waals surface area contributed by atoms with Crippen LogP contribution in [0.2, 0.25) is 5.02 Å². The Bertz CT molecular complexity index is 470. The van der Waals surface area contributed by atoms with E-state index >= 15 is 0 Å². The van der Waals surface area contributed by atoms with E-state index in [2.05, 4.69) is 0 Å². The summed E-state index contributed by atoms with van der Waals surface area (Å²) in [4.78, 5) is 0. The molecule has 2 rings (SSSR count). The molecule has 4 heteroatoms. The Balaban J connectivity index is 2.17. The molecule has 2 nitrogen and oxygen atoms in total. The third kappa shape index (κ3) is 2.55. The van der Waals surface area contributed by atoms with Crippen molar-refractivity contribution in [3.05, 3.63) is 51.2 Å². The fourth-order valence-corrected chi connectivity index (χ4v) is 2.45. The molecular formula is C12H12ClNOS. The molecule has 0 aliphatic heterocycles. The Morgan fingerprint density at radius 2 is 2.19 bits per heavy atom. The Hall–Kier alpha value is -1.03. The maximum atomic E-state index is 10.0. The van der Waals surface area contributed by atoms with Crippen molar-refractivity contribution in [3.63, 3.8) is 0 Å². The number of nitrogens with two attached hydrogens (primary N) is 1. The molecule has 3 N–H and O–H groups in total. The highest BCUT2D eigenvalue weighted by Crippen LogP contribution is 2.26. The lowest BCUT2D eigenvalue weighted by Crippen LogP contribution is -2.04. The first-order valence-corrected chi connectivity index (χ1v) is 6.23. The molecule has 1 unspecified atom stereocenters. The number of anilines is 1. The summed E-state index contributed by atoms with van der Waals surface area (Å²) in [6.07, 6.45) is 0.00173. The van der Waals surface area contributed by atoms with Crippen LogP contribution in [0.3, 0.4) is 0 Å². The van der Waals surface area contributed by atoms with Gasteiger partial charge in [0.25, 0.3) is 0 Å². The summed E-state index contributed by atoms with van der Waals surface area (Å²) in [6, 6.07) is 7.17. The number of nitrogen functional groups attached to an aromatic ring is 1. The van der Waals surface area contributed by atoms with Gasteiger partial charge in [-0.1, -0.05) is 17.7 Å². The predicted octanol–water partition coefficient (Wildman–Crippen LogP) is 3.26. The minimum atomic E-state index is -0.577. The van der Waals surface area contributed by atoms with Gasteiger partial charge in [0, 0.05) is 22.7 Å². The molecule has 0 amide bonds. The second kappa shape index (κ2) is 4.87. The zero-order valence-electron chi connectivity index (χ0n) is 8.56. The number of hydrogen-bond acceptors (Lipinski definition) is 3. The van der Waals surface area contributed by atoms with Gasteiger partial charge in [-0.15, -0.1) is 0 Å². The van der Waals surface area contributed by atoms with Crippen molar-refractivity contribution in [2.45, 2.75) is 12.5 Å². The van der Waals surface area contributed by atoms with Gasteiger partial charge in [-0.3, -0.25) is 0 Å². The van der Waals surface area contributed by atoms with Crippen molar-refractivity contribution >= 4 is 28.6 Å². The van der Waals surface area contributed by atoms with Crippen LogP contribution in [0, 0.1) is 0 Å². The lowest BCUT2D eigenvalue weighted by Gasteiger charge is -2.12. The molecule has 0 saturated heterocycles. The van der Waals surface area contributed by atoms with Crippen LogP contribution in [0.25, 0.3) is 0 Å². The first kappa shape index (κ1) is 11.5. The fraction of sp³-hybridized carbons (Fsp3) is 0.167. The lowest BCUT2D eigenvalue weighted by atomic mass is 10.0. The third-order valence-corrected chi connectivity index (χ3v) is 3.38. The van der Waals surface area contributed by atoms with E-state index in [1.807, 2.05) is 16.8 Å². The molecular weight excluding hydrogens is 242 g/mol. The summed E-state index contributed by atoms with van der Waals surface area (Å²) in [5.74, 6) is 0. The van der Waals surface area contributed by atoms with Gasteiger partial charge in [0.1, 0.15) is 0 Å². The maximum absolute atomic E-state index is 10.0. The summed E-state index contributed by atoms with van der Waals surface area (Å²) < 4.78 is 0. The zero-order valence-corrected chi connectivity index (χ0v) is 10.1. The number of thiophene rings is 1. The van der Waals surface area contributed by atoms with Crippen molar-refractivity contribution in [2.75, 3.05) is 5.73 Å². The van der Waals surface area contributed by atoms with Crippen LogP contribution in [0.5, 0.6) is 0 Å². The van der Waals surface area contributed by atoms with E-state index in [1.54, 1.807) is 29.5 Å². The maximum Gasteiger partial charge on any atom is 0.0850 e. The second-order valence-electron chi connectivity index (χ2n) is 3.62. The minimum Gasteiger partial charge on any atom is -0.398 e. The highest BCUT2D eigenvalue weighted by atomic mass is 35.5. The van der Waals surface area contributed by atoms with E-state index in [9.17, 15) is 5.11 Å². The van der Waals surface area contributed by atoms with Gasteiger partial charge in [0.15, 0.2) is 0 Å². The van der Waals surface area contributed by atoms with Crippen LogP contribution in [0.1, 0.15) is 17.2 Å². The minimum absolute atomic E-state index is 0.537. The van der Waals surface area contributed by atoms with Gasteiger partial charge in [0.05, 0.1) is 6.10 Å². The number of halogens is 1. The molecule has 0 bridgehead atoms. The molecule has 0 aliphatic rings. The standard InChI is InChI=1S/C12H12ClNOS/c13-9-1-2-10(11(14)6-9)12(15)5-8-3-4-16-7-8/h1-4,6-7,12,15H,5,14H2. The van der Waals surface area contributed by atoms with E-state index in [4.69, 9.17) is 17.3 Å². The average Bonchev–Trinajstić information content (AvgIpc) is 2.70. The van der Waals surface area contributed by atoms with Crippen LogP contribution in [-0.2, 0) is 6.42 Å². The summed E-state index contributed by atoms with van der Waals surface area (Å²) in [7, 11) is 0. The second-order valence-corrected chi connectivity index (χ2v) is 4.84. The third-order valence-electron chi connectivity index (χ3n) is 2.42. The molecule has 1 heterocycles. The highest BCUT2D eigenvalue weighted by molar-refractivity contribution is 7.07. The normalized spacial score (nSPS) is 12.6. The number of hydrogen-bond donors (Lipinski definition) is 2. The van der Waals surface area contributed by atoms with E-state index < -0.39 is 6.10 Å². The van der Waals surface area contributed by atoms with Gasteiger partial charge >= 0.3 is 0 Å². The van der Waals surface area contributed by atoms with Crippen molar-refractivity contribution in [2.24, 2.45) is 0 Å². The molecule has 1 atom stereocenters. The van der Waals surface area contributed by atoms with Gasteiger partial charge in [-0.2, -0.15) is 11.3 Å². The van der Waals surface area contributed by atoms with Crippen molar-refractivity contribution in [1.29, 1.82) is 0 Å². The van der Waals surface area contributed by atoms with E-state index in [0.717, 1.165) is 11.1 Å². The smallest absolute Gasteiger partial charge is 0.0850 e. The van der Waals surface area contributed by atoms with Gasteiger partial charge in [0.2, 0.25) is 0 Å². The number of aliphatic hydroxyl groups is 1. The van der Waals surface area contributed by atoms with E-state index in [1.165, 1.54) is 0 Å². The van der Waals surface area contributed by atoms with Crippen LogP contribution in [0.15, 0.2) is 35.0 Å². The lowest BCUT2D eigenvalue weighted by molar-refractivity contribution is 0.179. The monoisotopic (exact) mass is 253 g/mol. The van der Waals surface area contributed by atoms with E-state index in [-0.39, 0.29) is 0 Å². The van der Waals surface area contributed by atoms with Crippen LogP contribution >= 0.6 is 22.9 Å². The number of aliphatic hydroxyl groups excluding tert-OH is 1. The van der Waals surface area contributed by atoms with Crippen LogP contribution in [0.4, 0.5) is 5.69 Å². The van der Waals surface area contributed by atoms with Crippen molar-refractivity contribution < 1.29 is 5.11 Å². The molecule has 0 radical (unpaired) electrons. The molecule has 2 aromatic rings. The summed E-state index contributed by atoms with van der Waals surface area (Å²) in [5.41, 5.74) is 8.20. The predicted molar refractivity (Wildman–Crippen MR) is 68.8 cm³/mol. The quantitative estimate of drug-likeness (QED) is 0.825. The molecule has 1 aromatic carbocycles. The largest absolute Gasteiger partial charge is 0.398 e. The van der Waals surface area contributed by atoms with Gasteiger partial charge in [-0.25, -0.2) is 0 Å². The fourth-order valence-electron chi connectivity index (χ4n) is 1.59. The van der Waals surface area contributed by atoms with Crippen LogP contribution < -0.4 is 5.73 Å². The molecule has 1 aromatic heterocycles. The summed E-state index contributed by atoms with van der Waals surface area (Å²) >= 11 is 7.42. The Morgan fingerprint density at radius 3 is 2.81 bits per heavy atom. The van der Waals surface area contributed by atoms with Crippen LogP contribution in [-0.4, -0.2) is 5.11 Å². The highest BCUT2D eigenvalue weighted by Gasteiger charge is 2.12. The molecule has 0 saturated carbocycles. The topological polar surface area (TPSA) is 46.2 Å². The van der Waals surface area contributed by atoms with Crippen molar-refractivity contribution in [1.82, 2.24) is 0 Å². The SMILES string of the molecule is Nc1cc(Cl)ccc1C(O)Cc1ccsc1. The molecule has 0 spiro atoms. The Morgan fingerprint density at radius 1 is 1.38 bits per heavy atom. The summed E-state index contributed by atoms with van der Waals surface area (Å²) in [5, 5.41) is 14.6. The first-order chi connectivity index (χ1) is 7.66.